The van der Waals surface area contributed by atoms with Gasteiger partial charge in [0.05, 0.1) is 22.6 Å². The number of rotatable bonds is 5. The maximum Gasteiger partial charge on any atom is 0.416 e. The minimum Gasteiger partial charge on any atom is -0.269 e. The molecule has 1 aliphatic rings. The molecule has 31 heavy (non-hydrogen) atoms. The normalized spacial score (nSPS) is 14.5. The molecule has 0 unspecified atom stereocenters. The zero-order chi connectivity index (χ0) is 22.0. The highest BCUT2D eigenvalue weighted by molar-refractivity contribution is 8.04. The molecule has 3 nitrogen and oxygen atoms in total. The van der Waals surface area contributed by atoms with E-state index in [1.54, 1.807) is 30.3 Å². The maximum atomic E-state index is 13.2. The Kier molecular flexibility index (Phi) is 5.69. The Balaban J connectivity index is 1.70. The fourth-order valence-electron chi connectivity index (χ4n) is 3.29. The third-order valence-corrected chi connectivity index (χ3v) is 5.84. The van der Waals surface area contributed by atoms with Crippen molar-refractivity contribution in [2.45, 2.75) is 17.6 Å². The van der Waals surface area contributed by atoms with Crippen LogP contribution >= 0.6 is 11.8 Å². The molecule has 0 saturated carbocycles. The Hall–Kier alpha value is -3.32. The van der Waals surface area contributed by atoms with Gasteiger partial charge in [0, 0.05) is 4.90 Å². The van der Waals surface area contributed by atoms with Crippen LogP contribution in [0, 0.1) is 0 Å². The number of carbonyl (C=O) groups is 2. The summed E-state index contributed by atoms with van der Waals surface area (Å²) in [4.78, 5) is 28.5. The molecule has 2 amide bonds. The van der Waals surface area contributed by atoms with Gasteiger partial charge < -0.3 is 0 Å². The summed E-state index contributed by atoms with van der Waals surface area (Å²) >= 11 is 1.18. The molecule has 0 spiro atoms. The van der Waals surface area contributed by atoms with Gasteiger partial charge in [0.2, 0.25) is 0 Å². The van der Waals surface area contributed by atoms with Crippen molar-refractivity contribution in [2.24, 2.45) is 0 Å². The summed E-state index contributed by atoms with van der Waals surface area (Å²) in [7, 11) is 0. The second kappa shape index (κ2) is 8.43. The number of hydrogen-bond acceptors (Lipinski definition) is 3. The molecule has 0 bridgehead atoms. The minimum atomic E-state index is -4.50. The summed E-state index contributed by atoms with van der Waals surface area (Å²) in [5.74, 6) is -1.04. The highest BCUT2D eigenvalue weighted by Crippen LogP contribution is 2.40. The second-order valence-electron chi connectivity index (χ2n) is 6.88. The molecule has 0 radical (unpaired) electrons. The molecule has 7 heteroatoms. The molecule has 0 aromatic heterocycles. The van der Waals surface area contributed by atoms with Gasteiger partial charge in [-0.05, 0) is 35.4 Å². The van der Waals surface area contributed by atoms with Crippen LogP contribution in [0.5, 0.6) is 0 Å². The molecule has 0 N–H and O–H groups in total. The summed E-state index contributed by atoms with van der Waals surface area (Å²) in [6.07, 6.45) is -4.50. The first-order chi connectivity index (χ1) is 14.8. The quantitative estimate of drug-likeness (QED) is 0.473. The Labute approximate surface area is 181 Å². The first-order valence-corrected chi connectivity index (χ1v) is 10.2. The highest BCUT2D eigenvalue weighted by Gasteiger charge is 2.39. The van der Waals surface area contributed by atoms with Crippen molar-refractivity contribution in [2.75, 3.05) is 0 Å². The van der Waals surface area contributed by atoms with Crippen molar-refractivity contribution in [1.82, 2.24) is 4.90 Å². The lowest BCUT2D eigenvalue weighted by molar-refractivity contribution is -0.137. The number of thioether (sulfide) groups is 1. The van der Waals surface area contributed by atoms with Gasteiger partial charge in [0.25, 0.3) is 11.8 Å². The van der Waals surface area contributed by atoms with Crippen LogP contribution in [0.4, 0.5) is 13.2 Å². The molecule has 0 atom stereocenters. The Morgan fingerprint density at radius 1 is 0.774 bits per heavy atom. The number of nitrogens with zero attached hydrogens (tertiary/aromatic N) is 1. The molecule has 0 saturated heterocycles. The van der Waals surface area contributed by atoms with Crippen LogP contribution in [-0.2, 0) is 22.3 Å². The first-order valence-electron chi connectivity index (χ1n) is 9.39. The lowest BCUT2D eigenvalue weighted by Crippen LogP contribution is -2.31. The zero-order valence-corrected chi connectivity index (χ0v) is 16.9. The van der Waals surface area contributed by atoms with Gasteiger partial charge >= 0.3 is 6.18 Å². The van der Waals surface area contributed by atoms with Crippen molar-refractivity contribution >= 4 is 29.1 Å². The minimum absolute atomic E-state index is 0.231. The standard InChI is InChI=1S/C24H16F3NO2S/c25-24(26,27)18-11-7-8-16(14-18)15-28-22(29)20(17-9-3-1-4-10-17)21(23(28)30)31-19-12-5-2-6-13-19/h1-14H,15H2. The van der Waals surface area contributed by atoms with Crippen molar-refractivity contribution in [1.29, 1.82) is 0 Å². The topological polar surface area (TPSA) is 37.4 Å². The lowest BCUT2D eigenvalue weighted by atomic mass is 10.1. The second-order valence-corrected chi connectivity index (χ2v) is 7.96. The lowest BCUT2D eigenvalue weighted by Gasteiger charge is -2.16. The third-order valence-electron chi connectivity index (χ3n) is 4.75. The zero-order valence-electron chi connectivity index (χ0n) is 16.1. The van der Waals surface area contributed by atoms with E-state index in [9.17, 15) is 22.8 Å². The van der Waals surface area contributed by atoms with Crippen LogP contribution in [0.15, 0.2) is 94.7 Å². The molecule has 3 aromatic carbocycles. The molecule has 1 aliphatic heterocycles. The Morgan fingerprint density at radius 2 is 1.42 bits per heavy atom. The summed E-state index contributed by atoms with van der Waals surface area (Å²) < 4.78 is 39.2. The van der Waals surface area contributed by atoms with Gasteiger partial charge in [-0.1, -0.05) is 72.4 Å². The van der Waals surface area contributed by atoms with Crippen LogP contribution in [0.3, 0.4) is 0 Å². The number of alkyl halides is 3. The SMILES string of the molecule is O=C1C(Sc2ccccc2)=C(c2ccccc2)C(=O)N1Cc1cccc(C(F)(F)F)c1. The van der Waals surface area contributed by atoms with Crippen molar-refractivity contribution < 1.29 is 22.8 Å². The average molecular weight is 439 g/mol. The van der Waals surface area contributed by atoms with Crippen LogP contribution in [0.1, 0.15) is 16.7 Å². The molecule has 1 heterocycles. The molecule has 0 aliphatic carbocycles. The van der Waals surface area contributed by atoms with Crippen LogP contribution in [0.2, 0.25) is 0 Å². The summed E-state index contributed by atoms with van der Waals surface area (Å²) in [5.41, 5.74) is 0.256. The van der Waals surface area contributed by atoms with Gasteiger partial charge in [-0.3, -0.25) is 14.5 Å². The summed E-state index contributed by atoms with van der Waals surface area (Å²) in [6, 6.07) is 22.6. The van der Waals surface area contributed by atoms with Gasteiger partial charge in [-0.25, -0.2) is 0 Å². The monoisotopic (exact) mass is 439 g/mol. The maximum absolute atomic E-state index is 13.2. The van der Waals surface area contributed by atoms with E-state index in [0.717, 1.165) is 21.9 Å². The molecule has 156 valence electrons. The van der Waals surface area contributed by atoms with Crippen LogP contribution in [-0.4, -0.2) is 16.7 Å². The van der Waals surface area contributed by atoms with E-state index >= 15 is 0 Å². The number of amides is 2. The summed E-state index contributed by atoms with van der Waals surface area (Å²) in [5, 5.41) is 0. The van der Waals surface area contributed by atoms with E-state index in [-0.39, 0.29) is 22.6 Å². The van der Waals surface area contributed by atoms with E-state index in [1.807, 2.05) is 30.3 Å². The van der Waals surface area contributed by atoms with E-state index in [4.69, 9.17) is 0 Å². The highest BCUT2D eigenvalue weighted by atomic mass is 32.2. The molecular weight excluding hydrogens is 423 g/mol. The number of halogens is 3. The third kappa shape index (κ3) is 4.41. The van der Waals surface area contributed by atoms with Crippen molar-refractivity contribution in [3.05, 3.63) is 107 Å². The van der Waals surface area contributed by atoms with Crippen LogP contribution < -0.4 is 0 Å². The summed E-state index contributed by atoms with van der Waals surface area (Å²) in [6.45, 7) is -0.239. The number of carbonyl (C=O) groups excluding carboxylic acids is 2. The van der Waals surface area contributed by atoms with E-state index in [1.165, 1.54) is 23.9 Å². The Bertz CT molecular complexity index is 1160. The fraction of sp³-hybridized carbons (Fsp3) is 0.0833. The number of imide groups is 1. The fourth-order valence-corrected chi connectivity index (χ4v) is 4.32. The van der Waals surface area contributed by atoms with E-state index in [2.05, 4.69) is 0 Å². The van der Waals surface area contributed by atoms with Gasteiger partial charge in [0.1, 0.15) is 0 Å². The van der Waals surface area contributed by atoms with Crippen molar-refractivity contribution in [3.8, 4) is 0 Å². The van der Waals surface area contributed by atoms with E-state index in [0.29, 0.717) is 5.56 Å². The Morgan fingerprint density at radius 3 is 2.06 bits per heavy atom. The van der Waals surface area contributed by atoms with E-state index < -0.39 is 23.6 Å². The molecular formula is C24H16F3NO2S. The number of benzene rings is 3. The van der Waals surface area contributed by atoms with Crippen molar-refractivity contribution in [3.63, 3.8) is 0 Å². The smallest absolute Gasteiger partial charge is 0.269 e. The molecule has 3 aromatic rings. The predicted octanol–water partition coefficient (Wildman–Crippen LogP) is 5.78. The predicted molar refractivity (Wildman–Crippen MR) is 113 cm³/mol. The van der Waals surface area contributed by atoms with Gasteiger partial charge in [-0.2, -0.15) is 13.2 Å². The molecule has 4 rings (SSSR count). The van der Waals surface area contributed by atoms with Gasteiger partial charge in [-0.15, -0.1) is 0 Å². The molecule has 0 fully saturated rings. The van der Waals surface area contributed by atoms with Gasteiger partial charge in [0.15, 0.2) is 0 Å². The largest absolute Gasteiger partial charge is 0.416 e. The van der Waals surface area contributed by atoms with Crippen LogP contribution in [0.25, 0.3) is 5.57 Å². The number of hydrogen-bond donors (Lipinski definition) is 0. The first kappa shape index (κ1) is 20.9. The average Bonchev–Trinajstić information content (AvgIpc) is 2.99.